The zero-order valence-corrected chi connectivity index (χ0v) is 19.8. The normalized spacial score (nSPS) is 18.0. The standard InChI is InChI=1S/C27H28N4O5/c1-36-30-22-14-24(26(34)29-23(17-32)25(33)19-6-3-2-4-7-19)31(16-22)27(35)20-11-9-18(10-12-20)21-8-5-13-28-15-21/h2-13,15,23-25,32-33H,14,16-17H2,1H3,(H,29,34)/t23-,24-,25-/m0/s1. The Kier molecular flexibility index (Phi) is 8.04. The van der Waals surface area contributed by atoms with Gasteiger partial charge in [-0.2, -0.15) is 0 Å². The molecule has 36 heavy (non-hydrogen) atoms. The molecule has 0 saturated carbocycles. The largest absolute Gasteiger partial charge is 0.399 e. The number of aliphatic hydroxyl groups is 2. The van der Waals surface area contributed by atoms with Crippen molar-refractivity contribution in [2.45, 2.75) is 24.6 Å². The molecule has 0 aliphatic carbocycles. The third-order valence-corrected chi connectivity index (χ3v) is 6.12. The monoisotopic (exact) mass is 488 g/mol. The highest BCUT2D eigenvalue weighted by atomic mass is 16.6. The molecule has 1 aliphatic rings. The Morgan fingerprint density at radius 3 is 2.50 bits per heavy atom. The van der Waals surface area contributed by atoms with Crippen molar-refractivity contribution in [1.82, 2.24) is 15.2 Å². The van der Waals surface area contributed by atoms with Gasteiger partial charge in [-0.05, 0) is 34.9 Å². The molecule has 1 saturated heterocycles. The van der Waals surface area contributed by atoms with E-state index in [0.29, 0.717) is 16.8 Å². The van der Waals surface area contributed by atoms with Crippen molar-refractivity contribution in [3.8, 4) is 11.1 Å². The minimum atomic E-state index is -1.11. The van der Waals surface area contributed by atoms with Crippen LogP contribution in [0.2, 0.25) is 0 Å². The van der Waals surface area contributed by atoms with Gasteiger partial charge in [0.2, 0.25) is 5.91 Å². The fourth-order valence-electron chi connectivity index (χ4n) is 4.24. The second-order valence-electron chi connectivity index (χ2n) is 8.47. The van der Waals surface area contributed by atoms with E-state index in [1.54, 1.807) is 48.8 Å². The molecule has 2 amide bonds. The summed E-state index contributed by atoms with van der Waals surface area (Å²) in [5.74, 6) is -0.830. The number of nitrogens with zero attached hydrogens (tertiary/aromatic N) is 3. The lowest BCUT2D eigenvalue weighted by atomic mass is 10.0. The summed E-state index contributed by atoms with van der Waals surface area (Å²) in [6, 6.07) is 17.8. The lowest BCUT2D eigenvalue weighted by Gasteiger charge is -2.27. The number of pyridine rings is 1. The fraction of sp³-hybridized carbons (Fsp3) is 0.259. The Morgan fingerprint density at radius 1 is 1.11 bits per heavy atom. The highest BCUT2D eigenvalue weighted by Gasteiger charge is 2.39. The smallest absolute Gasteiger partial charge is 0.254 e. The van der Waals surface area contributed by atoms with Gasteiger partial charge in [-0.25, -0.2) is 0 Å². The van der Waals surface area contributed by atoms with E-state index < -0.39 is 30.7 Å². The number of rotatable bonds is 8. The van der Waals surface area contributed by atoms with Gasteiger partial charge in [-0.3, -0.25) is 14.6 Å². The third kappa shape index (κ3) is 5.59. The maximum absolute atomic E-state index is 13.4. The number of carbonyl (C=O) groups excluding carboxylic acids is 2. The first kappa shape index (κ1) is 25.0. The van der Waals surface area contributed by atoms with E-state index in [1.165, 1.54) is 12.0 Å². The van der Waals surface area contributed by atoms with Crippen molar-refractivity contribution in [3.05, 3.63) is 90.3 Å². The number of benzene rings is 2. The van der Waals surface area contributed by atoms with E-state index in [2.05, 4.69) is 15.5 Å². The van der Waals surface area contributed by atoms with Crippen LogP contribution in [-0.4, -0.2) is 70.0 Å². The van der Waals surface area contributed by atoms with Crippen molar-refractivity contribution in [2.24, 2.45) is 5.16 Å². The van der Waals surface area contributed by atoms with E-state index in [0.717, 1.165) is 11.1 Å². The Bertz CT molecular complexity index is 1200. The molecule has 0 radical (unpaired) electrons. The Morgan fingerprint density at radius 2 is 1.86 bits per heavy atom. The Balaban J connectivity index is 1.52. The first-order valence-corrected chi connectivity index (χ1v) is 11.6. The molecule has 3 atom stereocenters. The number of hydrogen-bond donors (Lipinski definition) is 3. The number of oxime groups is 1. The Labute approximate surface area is 209 Å². The van der Waals surface area contributed by atoms with Crippen molar-refractivity contribution in [2.75, 3.05) is 20.3 Å². The number of aliphatic hydroxyl groups excluding tert-OH is 2. The lowest BCUT2D eigenvalue weighted by molar-refractivity contribution is -0.126. The minimum Gasteiger partial charge on any atom is -0.399 e. The highest BCUT2D eigenvalue weighted by molar-refractivity contribution is 6.05. The van der Waals surface area contributed by atoms with E-state index in [4.69, 9.17) is 4.84 Å². The average molecular weight is 489 g/mol. The van der Waals surface area contributed by atoms with E-state index in [9.17, 15) is 19.8 Å². The van der Waals surface area contributed by atoms with Crippen LogP contribution in [0, 0.1) is 0 Å². The quantitative estimate of drug-likeness (QED) is 0.418. The summed E-state index contributed by atoms with van der Waals surface area (Å²) < 4.78 is 0. The molecule has 2 heterocycles. The molecule has 3 aromatic rings. The van der Waals surface area contributed by atoms with Gasteiger partial charge < -0.3 is 25.3 Å². The molecule has 4 rings (SSSR count). The van der Waals surface area contributed by atoms with Gasteiger partial charge in [-0.1, -0.05) is 53.7 Å². The van der Waals surface area contributed by atoms with Crippen LogP contribution in [0.3, 0.4) is 0 Å². The second-order valence-corrected chi connectivity index (χ2v) is 8.47. The number of carbonyl (C=O) groups is 2. The zero-order chi connectivity index (χ0) is 25.5. The topological polar surface area (TPSA) is 124 Å². The first-order chi connectivity index (χ1) is 17.5. The fourth-order valence-corrected chi connectivity index (χ4v) is 4.24. The van der Waals surface area contributed by atoms with Gasteiger partial charge in [-0.15, -0.1) is 0 Å². The van der Waals surface area contributed by atoms with Crippen LogP contribution in [0.5, 0.6) is 0 Å². The number of amides is 2. The molecule has 1 aromatic heterocycles. The molecule has 3 N–H and O–H groups in total. The Hall–Kier alpha value is -4.08. The second kappa shape index (κ2) is 11.6. The van der Waals surface area contributed by atoms with Gasteiger partial charge in [0.05, 0.1) is 24.9 Å². The molecule has 1 aliphatic heterocycles. The molecule has 186 valence electrons. The summed E-state index contributed by atoms with van der Waals surface area (Å²) in [6.07, 6.45) is 2.50. The molecule has 0 spiro atoms. The van der Waals surface area contributed by atoms with Crippen molar-refractivity contribution in [3.63, 3.8) is 0 Å². The molecule has 1 fully saturated rings. The summed E-state index contributed by atoms with van der Waals surface area (Å²) in [7, 11) is 1.40. The zero-order valence-electron chi connectivity index (χ0n) is 19.8. The molecule has 9 nitrogen and oxygen atoms in total. The van der Waals surface area contributed by atoms with Crippen LogP contribution >= 0.6 is 0 Å². The SMILES string of the molecule is CON=C1C[C@@H](C(=O)N[C@@H](CO)[C@@H](O)c2ccccc2)N(C(=O)c2ccc(-c3cccnc3)cc2)C1. The van der Waals surface area contributed by atoms with Gasteiger partial charge >= 0.3 is 0 Å². The van der Waals surface area contributed by atoms with Crippen LogP contribution in [0.15, 0.2) is 84.3 Å². The summed E-state index contributed by atoms with van der Waals surface area (Å²) in [4.78, 5) is 37.1. The van der Waals surface area contributed by atoms with Gasteiger partial charge in [0.1, 0.15) is 19.3 Å². The number of nitrogens with one attached hydrogen (secondary N) is 1. The minimum absolute atomic E-state index is 0.125. The molecule has 0 bridgehead atoms. The van der Waals surface area contributed by atoms with Crippen LogP contribution in [0.4, 0.5) is 0 Å². The predicted molar refractivity (Wildman–Crippen MR) is 134 cm³/mol. The van der Waals surface area contributed by atoms with Crippen LogP contribution in [-0.2, 0) is 9.63 Å². The van der Waals surface area contributed by atoms with Crippen molar-refractivity contribution >= 4 is 17.5 Å². The maximum atomic E-state index is 13.4. The average Bonchev–Trinajstić information content (AvgIpc) is 3.36. The van der Waals surface area contributed by atoms with Crippen LogP contribution < -0.4 is 5.32 Å². The van der Waals surface area contributed by atoms with Gasteiger partial charge in [0.15, 0.2) is 0 Å². The molecule has 2 aromatic carbocycles. The van der Waals surface area contributed by atoms with Crippen molar-refractivity contribution in [1.29, 1.82) is 0 Å². The molecular formula is C27H28N4O5. The first-order valence-electron chi connectivity index (χ1n) is 11.6. The predicted octanol–water partition coefficient (Wildman–Crippen LogP) is 2.18. The molecule has 0 unspecified atom stereocenters. The summed E-state index contributed by atoms with van der Waals surface area (Å²) in [5.41, 5.74) is 3.37. The summed E-state index contributed by atoms with van der Waals surface area (Å²) >= 11 is 0. The third-order valence-electron chi connectivity index (χ3n) is 6.12. The lowest BCUT2D eigenvalue weighted by Crippen LogP contribution is -2.51. The number of aromatic nitrogens is 1. The maximum Gasteiger partial charge on any atom is 0.254 e. The summed E-state index contributed by atoms with van der Waals surface area (Å²) in [6.45, 7) is -0.350. The molecule has 9 heteroatoms. The number of likely N-dealkylation sites (tertiary alicyclic amines) is 1. The van der Waals surface area contributed by atoms with Gasteiger partial charge in [0.25, 0.3) is 5.91 Å². The van der Waals surface area contributed by atoms with E-state index in [1.807, 2.05) is 30.3 Å². The van der Waals surface area contributed by atoms with Crippen LogP contribution in [0.25, 0.3) is 11.1 Å². The van der Waals surface area contributed by atoms with Crippen LogP contribution in [0.1, 0.15) is 28.4 Å². The number of hydrogen-bond acceptors (Lipinski definition) is 7. The summed E-state index contributed by atoms with van der Waals surface area (Å²) in [5, 5.41) is 27.2. The van der Waals surface area contributed by atoms with E-state index in [-0.39, 0.29) is 18.9 Å². The van der Waals surface area contributed by atoms with Gasteiger partial charge in [0, 0.05) is 24.4 Å². The van der Waals surface area contributed by atoms with Crippen molar-refractivity contribution < 1.29 is 24.6 Å². The van der Waals surface area contributed by atoms with E-state index >= 15 is 0 Å². The molecular weight excluding hydrogens is 460 g/mol. The highest BCUT2D eigenvalue weighted by Crippen LogP contribution is 2.24.